The second-order valence-corrected chi connectivity index (χ2v) is 5.93. The lowest BCUT2D eigenvalue weighted by Gasteiger charge is -2.15. The second kappa shape index (κ2) is 6.16. The molecule has 0 saturated carbocycles. The summed E-state index contributed by atoms with van der Waals surface area (Å²) in [5.74, 6) is 0.717. The van der Waals surface area contributed by atoms with Crippen LogP contribution in [-0.2, 0) is 10.8 Å². The normalized spacial score (nSPS) is 14.8. The molecule has 0 fully saturated rings. The Morgan fingerprint density at radius 2 is 1.81 bits per heavy atom. The molecule has 1 N–H and O–H groups in total. The number of hydrogen-bond donors (Lipinski definition) is 1. The zero-order valence-electron chi connectivity index (χ0n) is 10.5. The fourth-order valence-electron chi connectivity index (χ4n) is 1.80. The van der Waals surface area contributed by atoms with Gasteiger partial charge in [-0.2, -0.15) is 0 Å². The molecular formula is C13H21NOS. The maximum absolute atomic E-state index is 10.9. The van der Waals surface area contributed by atoms with E-state index in [9.17, 15) is 4.21 Å². The molecule has 0 bridgehead atoms. The van der Waals surface area contributed by atoms with Crippen molar-refractivity contribution in [3.63, 3.8) is 0 Å². The van der Waals surface area contributed by atoms with Gasteiger partial charge in [0.15, 0.2) is 0 Å². The molecule has 0 aliphatic carbocycles. The zero-order chi connectivity index (χ0) is 12.1. The van der Waals surface area contributed by atoms with Crippen molar-refractivity contribution in [1.82, 2.24) is 5.32 Å². The maximum atomic E-state index is 10.9. The van der Waals surface area contributed by atoms with Gasteiger partial charge in [0.2, 0.25) is 0 Å². The lowest BCUT2D eigenvalue weighted by molar-refractivity contribution is 0.596. The smallest absolute Gasteiger partial charge is 0.0357 e. The average Bonchev–Trinajstić information content (AvgIpc) is 2.15. The molecular weight excluding hydrogens is 218 g/mol. The third-order valence-electron chi connectivity index (χ3n) is 2.58. The molecule has 0 saturated heterocycles. The van der Waals surface area contributed by atoms with Gasteiger partial charge in [0, 0.05) is 35.4 Å². The van der Waals surface area contributed by atoms with E-state index < -0.39 is 10.8 Å². The van der Waals surface area contributed by atoms with Gasteiger partial charge in [-0.1, -0.05) is 29.3 Å². The van der Waals surface area contributed by atoms with E-state index >= 15 is 0 Å². The van der Waals surface area contributed by atoms with Crippen molar-refractivity contribution in [3.05, 3.63) is 34.9 Å². The molecule has 0 aliphatic rings. The Kier molecular flexibility index (Phi) is 5.16. The minimum atomic E-state index is -0.710. The largest absolute Gasteiger partial charge is 0.309 e. The summed E-state index contributed by atoms with van der Waals surface area (Å²) in [6.45, 7) is 7.18. The molecule has 1 rings (SSSR count). The van der Waals surface area contributed by atoms with Gasteiger partial charge in [-0.3, -0.25) is 4.21 Å². The van der Waals surface area contributed by atoms with Gasteiger partial charge >= 0.3 is 0 Å². The van der Waals surface area contributed by atoms with Crippen molar-refractivity contribution in [2.45, 2.75) is 26.8 Å². The molecule has 1 aromatic carbocycles. The van der Waals surface area contributed by atoms with Crippen molar-refractivity contribution in [2.75, 3.05) is 18.6 Å². The number of rotatable bonds is 5. The molecule has 0 amide bonds. The first-order chi connectivity index (χ1) is 7.49. The first kappa shape index (κ1) is 13.4. The van der Waals surface area contributed by atoms with Gasteiger partial charge in [-0.25, -0.2) is 0 Å². The molecule has 3 heteroatoms. The molecule has 0 aromatic heterocycles. The molecule has 0 heterocycles. The lowest BCUT2D eigenvalue weighted by Crippen LogP contribution is -2.23. The van der Waals surface area contributed by atoms with E-state index in [0.29, 0.717) is 6.04 Å². The lowest BCUT2D eigenvalue weighted by atomic mass is 10.0. The highest BCUT2D eigenvalue weighted by atomic mass is 32.2. The average molecular weight is 239 g/mol. The van der Waals surface area contributed by atoms with Crippen LogP contribution < -0.4 is 5.32 Å². The molecule has 0 radical (unpaired) electrons. The van der Waals surface area contributed by atoms with Crippen LogP contribution >= 0.6 is 0 Å². The number of aryl methyl sites for hydroxylation is 2. The molecule has 0 spiro atoms. The Hall–Kier alpha value is -0.670. The van der Waals surface area contributed by atoms with Gasteiger partial charge in [0.1, 0.15) is 0 Å². The van der Waals surface area contributed by atoms with Crippen LogP contribution in [0.1, 0.15) is 29.7 Å². The Morgan fingerprint density at radius 3 is 2.31 bits per heavy atom. The van der Waals surface area contributed by atoms with Crippen LogP contribution in [0.2, 0.25) is 0 Å². The van der Waals surface area contributed by atoms with Gasteiger partial charge in [-0.05, 0) is 26.3 Å². The number of benzene rings is 1. The van der Waals surface area contributed by atoms with E-state index in [1.165, 1.54) is 16.7 Å². The third-order valence-corrected chi connectivity index (χ3v) is 3.36. The summed E-state index contributed by atoms with van der Waals surface area (Å²) in [7, 11) is -0.710. The topological polar surface area (TPSA) is 29.1 Å². The Labute approximate surface area is 101 Å². The highest BCUT2D eigenvalue weighted by molar-refractivity contribution is 7.84. The summed E-state index contributed by atoms with van der Waals surface area (Å²) in [6, 6.07) is 6.90. The standard InChI is InChI=1S/C13H21NOS/c1-10-7-11(2)9-13(8-10)12(3)14-5-6-16(4)15/h7-9,12,14H,5-6H2,1-4H3. The molecule has 16 heavy (non-hydrogen) atoms. The van der Waals surface area contributed by atoms with Crippen molar-refractivity contribution in [2.24, 2.45) is 0 Å². The minimum absolute atomic E-state index is 0.321. The van der Waals surface area contributed by atoms with Crippen LogP contribution in [0.5, 0.6) is 0 Å². The maximum Gasteiger partial charge on any atom is 0.0357 e. The van der Waals surface area contributed by atoms with Crippen LogP contribution in [0.4, 0.5) is 0 Å². The summed E-state index contributed by atoms with van der Waals surface area (Å²) in [4.78, 5) is 0. The SMILES string of the molecule is Cc1cc(C)cc(C(C)NCCS(C)=O)c1. The summed E-state index contributed by atoms with van der Waals surface area (Å²) in [5.41, 5.74) is 3.89. The fraction of sp³-hybridized carbons (Fsp3) is 0.538. The fourth-order valence-corrected chi connectivity index (χ4v) is 2.20. The first-order valence-corrected chi connectivity index (χ1v) is 7.33. The predicted molar refractivity (Wildman–Crippen MR) is 71.3 cm³/mol. The van der Waals surface area contributed by atoms with Crippen molar-refractivity contribution in [3.8, 4) is 0 Å². The van der Waals surface area contributed by atoms with Gasteiger partial charge < -0.3 is 5.32 Å². The monoisotopic (exact) mass is 239 g/mol. The summed E-state index contributed by atoms with van der Waals surface area (Å²) >= 11 is 0. The van der Waals surface area contributed by atoms with Crippen LogP contribution in [0, 0.1) is 13.8 Å². The molecule has 2 unspecified atom stereocenters. The van der Waals surface area contributed by atoms with Gasteiger partial charge in [-0.15, -0.1) is 0 Å². The molecule has 90 valence electrons. The molecule has 2 atom stereocenters. The summed E-state index contributed by atoms with van der Waals surface area (Å²) in [6.07, 6.45) is 1.74. The quantitative estimate of drug-likeness (QED) is 0.854. The Bertz CT molecular complexity index is 356. The van der Waals surface area contributed by atoms with Crippen LogP contribution in [0.15, 0.2) is 18.2 Å². The molecule has 0 aliphatic heterocycles. The third kappa shape index (κ3) is 4.45. The molecule has 2 nitrogen and oxygen atoms in total. The van der Waals surface area contributed by atoms with E-state index in [2.05, 4.69) is 44.3 Å². The Morgan fingerprint density at radius 1 is 1.25 bits per heavy atom. The van der Waals surface area contributed by atoms with E-state index in [1.54, 1.807) is 6.26 Å². The van der Waals surface area contributed by atoms with Crippen LogP contribution in [0.25, 0.3) is 0 Å². The van der Waals surface area contributed by atoms with E-state index in [4.69, 9.17) is 0 Å². The van der Waals surface area contributed by atoms with E-state index in [1.807, 2.05) is 0 Å². The Balaban J connectivity index is 2.58. The van der Waals surface area contributed by atoms with Gasteiger partial charge in [0.25, 0.3) is 0 Å². The van der Waals surface area contributed by atoms with Crippen molar-refractivity contribution >= 4 is 10.8 Å². The van der Waals surface area contributed by atoms with E-state index in [0.717, 1.165) is 12.3 Å². The summed E-state index contributed by atoms with van der Waals surface area (Å²) < 4.78 is 10.9. The minimum Gasteiger partial charge on any atom is -0.309 e. The highest BCUT2D eigenvalue weighted by Crippen LogP contribution is 2.16. The summed E-state index contributed by atoms with van der Waals surface area (Å²) in [5, 5.41) is 3.39. The molecule has 1 aromatic rings. The van der Waals surface area contributed by atoms with Crippen LogP contribution in [-0.4, -0.2) is 22.8 Å². The van der Waals surface area contributed by atoms with Crippen molar-refractivity contribution in [1.29, 1.82) is 0 Å². The van der Waals surface area contributed by atoms with E-state index in [-0.39, 0.29) is 0 Å². The van der Waals surface area contributed by atoms with Crippen LogP contribution in [0.3, 0.4) is 0 Å². The first-order valence-electron chi connectivity index (χ1n) is 5.60. The number of hydrogen-bond acceptors (Lipinski definition) is 2. The van der Waals surface area contributed by atoms with Crippen molar-refractivity contribution < 1.29 is 4.21 Å². The number of nitrogens with one attached hydrogen (secondary N) is 1. The second-order valence-electron chi connectivity index (χ2n) is 4.37. The zero-order valence-corrected chi connectivity index (χ0v) is 11.4. The highest BCUT2D eigenvalue weighted by Gasteiger charge is 2.05. The predicted octanol–water partition coefficient (Wildman–Crippen LogP) is 2.33. The van der Waals surface area contributed by atoms with Gasteiger partial charge in [0.05, 0.1) is 0 Å².